The number of rotatable bonds is 2. The predicted molar refractivity (Wildman–Crippen MR) is 116 cm³/mol. The van der Waals surface area contributed by atoms with Crippen LogP contribution in [0.3, 0.4) is 0 Å². The highest BCUT2D eigenvalue weighted by Gasteiger charge is 2.28. The van der Waals surface area contributed by atoms with E-state index >= 15 is 0 Å². The van der Waals surface area contributed by atoms with E-state index in [4.69, 9.17) is 0 Å². The molecule has 8 nitrogen and oxygen atoms in total. The lowest BCUT2D eigenvalue weighted by molar-refractivity contribution is 0.200. The Bertz CT molecular complexity index is 1330. The number of hydrogen-bond donors (Lipinski definition) is 1. The van der Waals surface area contributed by atoms with E-state index in [1.54, 1.807) is 41.5 Å². The first kappa shape index (κ1) is 18.5. The number of urea groups is 1. The Kier molecular flexibility index (Phi) is 4.83. The number of hydrazone groups is 1. The lowest BCUT2D eigenvalue weighted by Gasteiger charge is -2.22. The summed E-state index contributed by atoms with van der Waals surface area (Å²) in [4.78, 5) is 21.3. The summed E-state index contributed by atoms with van der Waals surface area (Å²) in [6.45, 7) is 0. The molecule has 8 heteroatoms. The molecule has 0 saturated heterocycles. The Morgan fingerprint density at radius 2 is 1.94 bits per heavy atom. The topological polar surface area (TPSA) is 87.8 Å². The van der Waals surface area contributed by atoms with E-state index in [-0.39, 0.29) is 12.1 Å². The van der Waals surface area contributed by atoms with Crippen LogP contribution in [-0.4, -0.2) is 36.8 Å². The molecule has 5 rings (SSSR count). The van der Waals surface area contributed by atoms with Crippen molar-refractivity contribution < 1.29 is 4.79 Å². The lowest BCUT2D eigenvalue weighted by atomic mass is 10.1. The zero-order valence-electron chi connectivity index (χ0n) is 16.4. The minimum Gasteiger partial charge on any atom is -0.291 e. The van der Waals surface area contributed by atoms with Crippen molar-refractivity contribution in [3.05, 3.63) is 90.0 Å². The second-order valence-corrected chi connectivity index (χ2v) is 6.85. The van der Waals surface area contributed by atoms with E-state index in [1.165, 1.54) is 5.01 Å². The third kappa shape index (κ3) is 3.84. The quantitative estimate of drug-likeness (QED) is 0.515. The van der Waals surface area contributed by atoms with E-state index in [9.17, 15) is 4.79 Å². The summed E-state index contributed by atoms with van der Waals surface area (Å²) in [5, 5.41) is 12.7. The van der Waals surface area contributed by atoms with Gasteiger partial charge in [0, 0.05) is 30.6 Å². The molecule has 1 atom stereocenters. The van der Waals surface area contributed by atoms with Crippen molar-refractivity contribution in [3.63, 3.8) is 0 Å². The van der Waals surface area contributed by atoms with Crippen LogP contribution in [0.1, 0.15) is 29.3 Å². The first-order valence-corrected chi connectivity index (χ1v) is 9.72. The summed E-state index contributed by atoms with van der Waals surface area (Å²) in [6.07, 6.45) is 7.38. The second kappa shape index (κ2) is 8.08. The fourth-order valence-electron chi connectivity index (χ4n) is 3.36. The Morgan fingerprint density at radius 3 is 2.84 bits per heavy atom. The minimum absolute atomic E-state index is 0.133. The van der Waals surface area contributed by atoms with Gasteiger partial charge in [0.05, 0.1) is 12.2 Å². The van der Waals surface area contributed by atoms with Gasteiger partial charge in [-0.3, -0.25) is 5.32 Å². The number of imidazole rings is 1. The Labute approximate surface area is 178 Å². The summed E-state index contributed by atoms with van der Waals surface area (Å²) in [5.74, 6) is 6.54. The van der Waals surface area contributed by atoms with Crippen LogP contribution in [0.2, 0.25) is 0 Å². The van der Waals surface area contributed by atoms with Gasteiger partial charge < -0.3 is 0 Å². The van der Waals surface area contributed by atoms with Crippen molar-refractivity contribution in [3.8, 4) is 11.8 Å². The average Bonchev–Trinajstić information content (AvgIpc) is 3.46. The smallest absolute Gasteiger partial charge is 0.291 e. The van der Waals surface area contributed by atoms with E-state index < -0.39 is 0 Å². The molecule has 1 unspecified atom stereocenters. The van der Waals surface area contributed by atoms with Gasteiger partial charge in [-0.15, -0.1) is 0 Å². The zero-order valence-corrected chi connectivity index (χ0v) is 16.4. The van der Waals surface area contributed by atoms with Crippen LogP contribution in [0.15, 0.2) is 78.3 Å². The van der Waals surface area contributed by atoms with Crippen molar-refractivity contribution in [2.45, 2.75) is 12.5 Å². The van der Waals surface area contributed by atoms with Gasteiger partial charge in [-0.1, -0.05) is 36.3 Å². The number of carbonyl (C=O) groups is 1. The molecule has 0 fully saturated rings. The molecule has 0 aliphatic carbocycles. The van der Waals surface area contributed by atoms with E-state index in [1.807, 2.05) is 42.5 Å². The highest BCUT2D eigenvalue weighted by molar-refractivity contribution is 5.90. The van der Waals surface area contributed by atoms with Gasteiger partial charge in [0.1, 0.15) is 11.5 Å². The van der Waals surface area contributed by atoms with Gasteiger partial charge in [-0.05, 0) is 35.7 Å². The monoisotopic (exact) mass is 407 g/mol. The van der Waals surface area contributed by atoms with Crippen LogP contribution in [0.4, 0.5) is 10.6 Å². The third-order valence-electron chi connectivity index (χ3n) is 4.83. The Hall–Kier alpha value is -4.51. The third-order valence-corrected chi connectivity index (χ3v) is 4.83. The minimum atomic E-state index is -0.341. The number of nitrogens with one attached hydrogen (secondary N) is 1. The fraction of sp³-hybridized carbons (Fsp3) is 0.0870. The summed E-state index contributed by atoms with van der Waals surface area (Å²) in [7, 11) is 0. The number of carbonyl (C=O) groups excluding carboxylic acids is 1. The molecular weight excluding hydrogens is 390 g/mol. The van der Waals surface area contributed by atoms with Crippen molar-refractivity contribution in [2.24, 2.45) is 5.10 Å². The molecule has 4 aromatic rings. The fourth-order valence-corrected chi connectivity index (χ4v) is 3.36. The molecule has 2 amide bonds. The van der Waals surface area contributed by atoms with Crippen molar-refractivity contribution in [1.29, 1.82) is 0 Å². The normalized spacial score (nSPS) is 15.0. The molecule has 150 valence electrons. The molecule has 31 heavy (non-hydrogen) atoms. The molecule has 1 aliphatic heterocycles. The van der Waals surface area contributed by atoms with Crippen LogP contribution < -0.4 is 5.32 Å². The predicted octanol–water partition coefficient (Wildman–Crippen LogP) is 3.49. The molecule has 0 bridgehead atoms. The van der Waals surface area contributed by atoms with Crippen LogP contribution >= 0.6 is 0 Å². The summed E-state index contributed by atoms with van der Waals surface area (Å²) in [6, 6.07) is 16.5. The molecule has 1 aliphatic rings. The lowest BCUT2D eigenvalue weighted by Crippen LogP contribution is -2.31. The van der Waals surface area contributed by atoms with E-state index in [2.05, 4.69) is 37.3 Å². The van der Waals surface area contributed by atoms with E-state index in [0.717, 1.165) is 11.2 Å². The number of fused-ring (bicyclic) bond motifs is 1. The number of amides is 2. The summed E-state index contributed by atoms with van der Waals surface area (Å²) < 4.78 is 1.67. The van der Waals surface area contributed by atoms with Crippen LogP contribution in [0, 0.1) is 11.8 Å². The molecule has 1 aromatic carbocycles. The van der Waals surface area contributed by atoms with Crippen LogP contribution in [0.5, 0.6) is 0 Å². The standard InChI is InChI=1S/C23H17N7O/c31-23(30-20(11-14-27-30)18-5-2-1-3-6-18)28-21-15-17(10-13-24-21)8-9-19-16-25-22-7-4-12-26-29(19)22/h1-7,10,12-16,20H,11H2,(H,24,28,31). The highest BCUT2D eigenvalue weighted by atomic mass is 16.2. The SMILES string of the molecule is O=C(Nc1cc(C#Cc2cnc3cccnn23)ccn1)N1N=CCC1c1ccccc1. The number of pyridine rings is 1. The molecule has 0 spiro atoms. The zero-order chi connectivity index (χ0) is 21.0. The van der Waals surface area contributed by atoms with Crippen molar-refractivity contribution in [1.82, 2.24) is 24.6 Å². The van der Waals surface area contributed by atoms with Crippen LogP contribution in [0.25, 0.3) is 5.65 Å². The number of aromatic nitrogens is 4. The largest absolute Gasteiger partial charge is 0.344 e. The summed E-state index contributed by atoms with van der Waals surface area (Å²) in [5.41, 5.74) is 3.15. The first-order chi connectivity index (χ1) is 15.3. The Morgan fingerprint density at radius 1 is 1.03 bits per heavy atom. The van der Waals surface area contributed by atoms with Gasteiger partial charge in [0.15, 0.2) is 5.65 Å². The number of nitrogens with zero attached hydrogens (tertiary/aromatic N) is 6. The molecule has 1 N–H and O–H groups in total. The Balaban J connectivity index is 1.33. The van der Waals surface area contributed by atoms with Crippen molar-refractivity contribution >= 4 is 23.7 Å². The second-order valence-electron chi connectivity index (χ2n) is 6.85. The highest BCUT2D eigenvalue weighted by Crippen LogP contribution is 2.28. The molecule has 0 radical (unpaired) electrons. The van der Waals surface area contributed by atoms with Gasteiger partial charge in [0.25, 0.3) is 0 Å². The first-order valence-electron chi connectivity index (χ1n) is 9.72. The maximum absolute atomic E-state index is 12.8. The number of hydrogen-bond acceptors (Lipinski definition) is 5. The van der Waals surface area contributed by atoms with Gasteiger partial charge >= 0.3 is 6.03 Å². The molecular formula is C23H17N7O. The molecule has 4 heterocycles. The molecule has 0 saturated carbocycles. The van der Waals surface area contributed by atoms with E-state index in [0.29, 0.717) is 23.5 Å². The summed E-state index contributed by atoms with van der Waals surface area (Å²) >= 11 is 0. The number of benzene rings is 1. The maximum Gasteiger partial charge on any atom is 0.344 e. The van der Waals surface area contributed by atoms with Crippen LogP contribution in [-0.2, 0) is 0 Å². The van der Waals surface area contributed by atoms with Gasteiger partial charge in [-0.25, -0.2) is 24.3 Å². The maximum atomic E-state index is 12.8. The van der Waals surface area contributed by atoms with Gasteiger partial charge in [0.2, 0.25) is 0 Å². The average molecular weight is 407 g/mol. The van der Waals surface area contributed by atoms with Crippen molar-refractivity contribution in [2.75, 3.05) is 5.32 Å². The molecule has 3 aromatic heterocycles. The van der Waals surface area contributed by atoms with Gasteiger partial charge in [-0.2, -0.15) is 10.2 Å². The number of anilines is 1.